The molecule has 0 aromatic rings. The second kappa shape index (κ2) is 4.67. The Morgan fingerprint density at radius 1 is 1.17 bits per heavy atom. The van der Waals surface area contributed by atoms with Crippen molar-refractivity contribution in [2.75, 3.05) is 7.05 Å². The summed E-state index contributed by atoms with van der Waals surface area (Å²) in [5.41, 5.74) is 2.06. The van der Waals surface area contributed by atoms with Crippen molar-refractivity contribution in [3.05, 3.63) is 12.2 Å². The van der Waals surface area contributed by atoms with Gasteiger partial charge in [0.1, 0.15) is 0 Å². The van der Waals surface area contributed by atoms with Gasteiger partial charge >= 0.3 is 0 Å². The predicted molar refractivity (Wildman–Crippen MR) is 77.5 cm³/mol. The van der Waals surface area contributed by atoms with Crippen LogP contribution in [0.2, 0.25) is 0 Å². The topological polar surface area (TPSA) is 12.0 Å². The third kappa shape index (κ3) is 2.05. The van der Waals surface area contributed by atoms with Gasteiger partial charge in [-0.3, -0.25) is 0 Å². The van der Waals surface area contributed by atoms with E-state index in [1.54, 1.807) is 19.3 Å². The quantitative estimate of drug-likeness (QED) is 0.720. The Morgan fingerprint density at radius 3 is 2.06 bits per heavy atom. The van der Waals surface area contributed by atoms with E-state index in [1.165, 1.54) is 31.3 Å². The van der Waals surface area contributed by atoms with Crippen LogP contribution in [0.5, 0.6) is 0 Å². The van der Waals surface area contributed by atoms with E-state index in [2.05, 4.69) is 25.9 Å². The van der Waals surface area contributed by atoms with Crippen LogP contribution >= 0.6 is 0 Å². The first-order chi connectivity index (χ1) is 8.65. The van der Waals surface area contributed by atoms with Gasteiger partial charge in [-0.15, -0.1) is 0 Å². The van der Waals surface area contributed by atoms with Gasteiger partial charge in [-0.2, -0.15) is 0 Å². The van der Waals surface area contributed by atoms with Crippen molar-refractivity contribution >= 4 is 0 Å². The van der Waals surface area contributed by atoms with Gasteiger partial charge in [0, 0.05) is 6.04 Å². The molecule has 4 saturated carbocycles. The van der Waals surface area contributed by atoms with Crippen LogP contribution in [-0.2, 0) is 0 Å². The van der Waals surface area contributed by atoms with Crippen LogP contribution in [0, 0.1) is 23.2 Å². The third-order valence-corrected chi connectivity index (χ3v) is 6.17. The molecule has 1 N–H and O–H groups in total. The summed E-state index contributed by atoms with van der Waals surface area (Å²) in [5.74, 6) is 3.17. The lowest BCUT2D eigenvalue weighted by Gasteiger charge is -2.59. The molecule has 1 atom stereocenters. The number of nitrogens with one attached hydrogen (secondary N) is 1. The lowest BCUT2D eigenvalue weighted by atomic mass is 9.47. The van der Waals surface area contributed by atoms with Gasteiger partial charge in [-0.1, -0.05) is 19.1 Å². The third-order valence-electron chi connectivity index (χ3n) is 6.17. The Bertz CT molecular complexity index is 295. The molecule has 4 aliphatic carbocycles. The van der Waals surface area contributed by atoms with E-state index >= 15 is 0 Å². The van der Waals surface area contributed by atoms with Crippen molar-refractivity contribution in [3.63, 3.8) is 0 Å². The molecule has 0 amide bonds. The number of hydrogen-bond donors (Lipinski definition) is 1. The maximum absolute atomic E-state index is 4.25. The Kier molecular flexibility index (Phi) is 3.30. The van der Waals surface area contributed by atoms with Gasteiger partial charge in [0.15, 0.2) is 0 Å². The number of hydrogen-bond acceptors (Lipinski definition) is 1. The first-order valence-corrected chi connectivity index (χ1v) is 7.99. The van der Waals surface area contributed by atoms with Crippen molar-refractivity contribution in [2.45, 2.75) is 64.3 Å². The van der Waals surface area contributed by atoms with Crippen molar-refractivity contribution in [1.29, 1.82) is 0 Å². The highest BCUT2D eigenvalue weighted by Gasteiger charge is 2.53. The average Bonchev–Trinajstić information content (AvgIpc) is 2.33. The fraction of sp³-hybridized carbons (Fsp3) is 0.882. The standard InChI is InChI=1S/C17H29N/c1-4-12(2)5-16(18-3)17-9-13-6-14(10-17)8-15(7-13)11-17/h13-16,18H,2,4-11H2,1,3H3. The van der Waals surface area contributed by atoms with E-state index < -0.39 is 0 Å². The molecule has 1 nitrogen and oxygen atoms in total. The fourth-order valence-corrected chi connectivity index (χ4v) is 5.66. The van der Waals surface area contributed by atoms with Gasteiger partial charge < -0.3 is 5.32 Å². The second-order valence-corrected chi connectivity index (χ2v) is 7.43. The molecule has 0 heterocycles. The van der Waals surface area contributed by atoms with Crippen LogP contribution in [0.25, 0.3) is 0 Å². The van der Waals surface area contributed by atoms with Crippen LogP contribution in [0.3, 0.4) is 0 Å². The summed E-state index contributed by atoms with van der Waals surface area (Å²) < 4.78 is 0. The monoisotopic (exact) mass is 247 g/mol. The molecule has 4 fully saturated rings. The summed E-state index contributed by atoms with van der Waals surface area (Å²) in [6.45, 7) is 6.49. The maximum Gasteiger partial charge on any atom is 0.0158 e. The molecule has 1 heteroatoms. The molecule has 18 heavy (non-hydrogen) atoms. The predicted octanol–water partition coefficient (Wildman–Crippen LogP) is 4.15. The Balaban J connectivity index is 1.78. The zero-order chi connectivity index (χ0) is 12.8. The molecule has 0 radical (unpaired) electrons. The van der Waals surface area contributed by atoms with E-state index in [0.717, 1.165) is 24.2 Å². The molecule has 0 saturated heterocycles. The summed E-state index contributed by atoms with van der Waals surface area (Å²) in [6.07, 6.45) is 11.5. The molecule has 4 rings (SSSR count). The van der Waals surface area contributed by atoms with Gasteiger partial charge in [0.05, 0.1) is 0 Å². The van der Waals surface area contributed by atoms with Crippen LogP contribution in [0.4, 0.5) is 0 Å². The summed E-state index contributed by atoms with van der Waals surface area (Å²) in [5, 5.41) is 3.66. The molecule has 0 spiro atoms. The molecule has 102 valence electrons. The summed E-state index contributed by atoms with van der Waals surface area (Å²) in [6, 6.07) is 0.693. The Labute approximate surface area is 112 Å². The smallest absolute Gasteiger partial charge is 0.0158 e. The minimum atomic E-state index is 0.627. The van der Waals surface area contributed by atoms with Crippen LogP contribution in [0.1, 0.15) is 58.3 Å². The van der Waals surface area contributed by atoms with Gasteiger partial charge in [-0.05, 0) is 81.6 Å². The molecule has 4 bridgehead atoms. The molecular formula is C17H29N. The largest absolute Gasteiger partial charge is 0.316 e. The zero-order valence-electron chi connectivity index (χ0n) is 12.2. The molecule has 0 aliphatic heterocycles. The van der Waals surface area contributed by atoms with Crippen LogP contribution < -0.4 is 5.32 Å². The van der Waals surface area contributed by atoms with Crippen molar-refractivity contribution in [2.24, 2.45) is 23.2 Å². The summed E-state index contributed by atoms with van der Waals surface area (Å²) >= 11 is 0. The summed E-state index contributed by atoms with van der Waals surface area (Å²) in [7, 11) is 2.17. The minimum Gasteiger partial charge on any atom is -0.316 e. The summed E-state index contributed by atoms with van der Waals surface area (Å²) in [4.78, 5) is 0. The lowest BCUT2D eigenvalue weighted by Crippen LogP contribution is -2.55. The minimum absolute atomic E-state index is 0.627. The molecular weight excluding hydrogens is 218 g/mol. The van der Waals surface area contributed by atoms with Crippen LogP contribution in [0.15, 0.2) is 12.2 Å². The fourth-order valence-electron chi connectivity index (χ4n) is 5.66. The van der Waals surface area contributed by atoms with E-state index in [0.29, 0.717) is 11.5 Å². The number of rotatable bonds is 5. The molecule has 1 unspecified atom stereocenters. The molecule has 0 aromatic carbocycles. The highest BCUT2D eigenvalue weighted by Crippen LogP contribution is 2.61. The van der Waals surface area contributed by atoms with Gasteiger partial charge in [-0.25, -0.2) is 0 Å². The SMILES string of the molecule is C=C(CC)CC(NC)C12CC3CC(CC(C3)C1)C2. The molecule has 0 aromatic heterocycles. The van der Waals surface area contributed by atoms with Crippen molar-refractivity contribution in [1.82, 2.24) is 5.32 Å². The average molecular weight is 247 g/mol. The first-order valence-electron chi connectivity index (χ1n) is 7.99. The first kappa shape index (κ1) is 12.7. The molecule has 4 aliphatic rings. The van der Waals surface area contributed by atoms with Gasteiger partial charge in [0.25, 0.3) is 0 Å². The second-order valence-electron chi connectivity index (χ2n) is 7.43. The Morgan fingerprint density at radius 2 is 1.67 bits per heavy atom. The highest BCUT2D eigenvalue weighted by atomic mass is 14.9. The van der Waals surface area contributed by atoms with E-state index in [-0.39, 0.29) is 0 Å². The zero-order valence-corrected chi connectivity index (χ0v) is 12.2. The van der Waals surface area contributed by atoms with Crippen molar-refractivity contribution in [3.8, 4) is 0 Å². The van der Waals surface area contributed by atoms with E-state index in [9.17, 15) is 0 Å². The highest BCUT2D eigenvalue weighted by molar-refractivity contribution is 5.09. The normalized spacial score (nSPS) is 43.1. The maximum atomic E-state index is 4.25. The lowest BCUT2D eigenvalue weighted by molar-refractivity contribution is -0.0724. The van der Waals surface area contributed by atoms with E-state index in [1.807, 2.05) is 0 Å². The van der Waals surface area contributed by atoms with Crippen LogP contribution in [-0.4, -0.2) is 13.1 Å². The van der Waals surface area contributed by atoms with Gasteiger partial charge in [0.2, 0.25) is 0 Å². The Hall–Kier alpha value is -0.300. The van der Waals surface area contributed by atoms with E-state index in [4.69, 9.17) is 0 Å². The van der Waals surface area contributed by atoms with Crippen molar-refractivity contribution < 1.29 is 0 Å².